The van der Waals surface area contributed by atoms with E-state index in [0.29, 0.717) is 5.69 Å². The normalized spacial score (nSPS) is 14.5. The number of sulfonamides is 1. The van der Waals surface area contributed by atoms with Crippen LogP contribution in [0.1, 0.15) is 45.7 Å². The van der Waals surface area contributed by atoms with Crippen LogP contribution in [0.25, 0.3) is 0 Å². The molecule has 5 nitrogen and oxygen atoms in total. The molecule has 122 valence electrons. The maximum Gasteiger partial charge on any atom is 0.240 e. The lowest BCUT2D eigenvalue weighted by Crippen LogP contribution is -2.24. The van der Waals surface area contributed by atoms with E-state index in [1.807, 2.05) is 6.92 Å². The number of benzene rings is 1. The SMILES string of the molecule is Cc1ccc(S(=O)(=O)NCc2c(C=O)[nH]c3c2CCCC3)cc1. The zero-order valence-electron chi connectivity index (χ0n) is 13.1. The molecule has 3 rings (SSSR count). The van der Waals surface area contributed by atoms with Gasteiger partial charge in [0.2, 0.25) is 10.0 Å². The molecule has 2 aromatic rings. The molecular formula is C17H20N2O3S. The number of rotatable bonds is 5. The fraction of sp³-hybridized carbons (Fsp3) is 0.353. The van der Waals surface area contributed by atoms with Gasteiger partial charge in [0.05, 0.1) is 10.6 Å². The summed E-state index contributed by atoms with van der Waals surface area (Å²) in [5.74, 6) is 0. The fourth-order valence-electron chi connectivity index (χ4n) is 3.05. The Kier molecular flexibility index (Phi) is 4.37. The molecule has 1 aromatic carbocycles. The Hall–Kier alpha value is -1.92. The molecule has 1 aliphatic carbocycles. The smallest absolute Gasteiger partial charge is 0.240 e. The van der Waals surface area contributed by atoms with E-state index >= 15 is 0 Å². The molecule has 0 bridgehead atoms. The van der Waals surface area contributed by atoms with Crippen LogP contribution in [0.5, 0.6) is 0 Å². The number of H-pyrrole nitrogens is 1. The summed E-state index contributed by atoms with van der Waals surface area (Å²) >= 11 is 0. The Balaban J connectivity index is 1.84. The number of aromatic nitrogens is 1. The first-order valence-corrected chi connectivity index (χ1v) is 9.23. The summed E-state index contributed by atoms with van der Waals surface area (Å²) in [5.41, 5.74) is 4.45. The van der Waals surface area contributed by atoms with Gasteiger partial charge in [0.25, 0.3) is 0 Å². The summed E-state index contributed by atoms with van der Waals surface area (Å²) < 4.78 is 27.4. The highest BCUT2D eigenvalue weighted by Gasteiger charge is 2.21. The highest BCUT2D eigenvalue weighted by molar-refractivity contribution is 7.89. The van der Waals surface area contributed by atoms with Crippen molar-refractivity contribution in [2.75, 3.05) is 0 Å². The van der Waals surface area contributed by atoms with Gasteiger partial charge in [0.1, 0.15) is 0 Å². The van der Waals surface area contributed by atoms with Crippen molar-refractivity contribution in [3.05, 3.63) is 52.3 Å². The van der Waals surface area contributed by atoms with Crippen LogP contribution >= 0.6 is 0 Å². The summed E-state index contributed by atoms with van der Waals surface area (Å²) in [7, 11) is -3.58. The number of fused-ring (bicyclic) bond motifs is 1. The van der Waals surface area contributed by atoms with Gasteiger partial charge in [-0.05, 0) is 55.9 Å². The predicted octanol–water partition coefficient (Wildman–Crippen LogP) is 2.49. The lowest BCUT2D eigenvalue weighted by atomic mass is 9.94. The Morgan fingerprint density at radius 3 is 2.57 bits per heavy atom. The van der Waals surface area contributed by atoms with Crippen LogP contribution in [0, 0.1) is 6.92 Å². The van der Waals surface area contributed by atoms with Crippen LogP contribution < -0.4 is 4.72 Å². The van der Waals surface area contributed by atoms with Crippen LogP contribution in [0.15, 0.2) is 29.2 Å². The number of hydrogen-bond acceptors (Lipinski definition) is 3. The van der Waals surface area contributed by atoms with Crippen molar-refractivity contribution in [2.24, 2.45) is 0 Å². The molecular weight excluding hydrogens is 312 g/mol. The Bertz CT molecular complexity index is 820. The molecule has 0 spiro atoms. The third-order valence-corrected chi connectivity index (χ3v) is 5.75. The van der Waals surface area contributed by atoms with Gasteiger partial charge in [0, 0.05) is 12.2 Å². The lowest BCUT2D eigenvalue weighted by molar-refractivity contribution is 0.111. The van der Waals surface area contributed by atoms with E-state index in [1.165, 1.54) is 0 Å². The minimum absolute atomic E-state index is 0.135. The minimum Gasteiger partial charge on any atom is -0.356 e. The summed E-state index contributed by atoms with van der Waals surface area (Å²) in [6.45, 7) is 2.04. The molecule has 0 saturated carbocycles. The standard InChI is InChI=1S/C17H20N2O3S/c1-12-6-8-13(9-7-12)23(21,22)18-10-15-14-4-2-3-5-16(14)19-17(15)11-20/h6-9,11,18-19H,2-5,10H2,1H3. The van der Waals surface area contributed by atoms with Crippen molar-refractivity contribution in [3.63, 3.8) is 0 Å². The zero-order chi connectivity index (χ0) is 16.4. The molecule has 6 heteroatoms. The van der Waals surface area contributed by atoms with Crippen molar-refractivity contribution in [1.82, 2.24) is 9.71 Å². The Morgan fingerprint density at radius 2 is 1.87 bits per heavy atom. The van der Waals surface area contributed by atoms with E-state index in [2.05, 4.69) is 9.71 Å². The molecule has 1 aliphatic rings. The van der Waals surface area contributed by atoms with Crippen LogP contribution in [0.3, 0.4) is 0 Å². The monoisotopic (exact) mass is 332 g/mol. The molecule has 0 amide bonds. The van der Waals surface area contributed by atoms with Crippen molar-refractivity contribution < 1.29 is 13.2 Å². The van der Waals surface area contributed by atoms with Gasteiger partial charge in [-0.3, -0.25) is 4.79 Å². The molecule has 0 saturated heterocycles. The van der Waals surface area contributed by atoms with Crippen LogP contribution in [0.4, 0.5) is 0 Å². The summed E-state index contributed by atoms with van der Waals surface area (Å²) in [5, 5.41) is 0. The average molecular weight is 332 g/mol. The molecule has 2 N–H and O–H groups in total. The Morgan fingerprint density at radius 1 is 1.17 bits per heavy atom. The van der Waals surface area contributed by atoms with Crippen molar-refractivity contribution in [2.45, 2.75) is 44.0 Å². The van der Waals surface area contributed by atoms with Gasteiger partial charge in [-0.1, -0.05) is 17.7 Å². The second-order valence-corrected chi connectivity index (χ2v) is 7.70. The average Bonchev–Trinajstić information content (AvgIpc) is 2.91. The van der Waals surface area contributed by atoms with Crippen LogP contribution in [-0.4, -0.2) is 19.7 Å². The number of aryl methyl sites for hydroxylation is 2. The van der Waals surface area contributed by atoms with E-state index in [4.69, 9.17) is 0 Å². The maximum atomic E-state index is 12.4. The van der Waals surface area contributed by atoms with Gasteiger partial charge in [-0.25, -0.2) is 13.1 Å². The molecule has 1 aromatic heterocycles. The van der Waals surface area contributed by atoms with Gasteiger partial charge in [0.15, 0.2) is 6.29 Å². The molecule has 0 unspecified atom stereocenters. The van der Waals surface area contributed by atoms with Gasteiger partial charge in [-0.2, -0.15) is 0 Å². The molecule has 23 heavy (non-hydrogen) atoms. The van der Waals surface area contributed by atoms with Gasteiger partial charge in [-0.15, -0.1) is 0 Å². The molecule has 0 atom stereocenters. The van der Waals surface area contributed by atoms with Crippen molar-refractivity contribution in [3.8, 4) is 0 Å². The summed E-state index contributed by atoms with van der Waals surface area (Å²) in [6, 6.07) is 6.71. The van der Waals surface area contributed by atoms with Gasteiger partial charge >= 0.3 is 0 Å². The number of nitrogens with one attached hydrogen (secondary N) is 2. The van der Waals surface area contributed by atoms with Gasteiger partial charge < -0.3 is 4.98 Å². The lowest BCUT2D eigenvalue weighted by Gasteiger charge is -2.13. The second-order valence-electron chi connectivity index (χ2n) is 5.94. The quantitative estimate of drug-likeness (QED) is 0.826. The third kappa shape index (κ3) is 3.23. The van der Waals surface area contributed by atoms with E-state index < -0.39 is 10.0 Å². The van der Waals surface area contributed by atoms with Crippen molar-refractivity contribution >= 4 is 16.3 Å². The number of hydrogen-bond donors (Lipinski definition) is 2. The first-order valence-electron chi connectivity index (χ1n) is 7.75. The highest BCUT2D eigenvalue weighted by atomic mass is 32.2. The number of carbonyl (C=O) groups is 1. The van der Waals surface area contributed by atoms with E-state index in [0.717, 1.165) is 54.4 Å². The largest absolute Gasteiger partial charge is 0.356 e. The first kappa shape index (κ1) is 16.0. The molecule has 0 radical (unpaired) electrons. The number of aldehydes is 1. The molecule has 0 aliphatic heterocycles. The summed E-state index contributed by atoms with van der Waals surface area (Å²) in [6.07, 6.45) is 4.75. The molecule has 1 heterocycles. The maximum absolute atomic E-state index is 12.4. The number of carbonyl (C=O) groups excluding carboxylic acids is 1. The minimum atomic E-state index is -3.58. The van der Waals surface area contributed by atoms with Crippen LogP contribution in [-0.2, 0) is 29.4 Å². The zero-order valence-corrected chi connectivity index (χ0v) is 13.9. The Labute approximate surface area is 136 Å². The summed E-state index contributed by atoms with van der Waals surface area (Å²) in [4.78, 5) is 14.6. The topological polar surface area (TPSA) is 79.0 Å². The predicted molar refractivity (Wildman–Crippen MR) is 88.0 cm³/mol. The highest BCUT2D eigenvalue weighted by Crippen LogP contribution is 2.26. The third-order valence-electron chi connectivity index (χ3n) is 4.33. The number of aromatic amines is 1. The van der Waals surface area contributed by atoms with E-state index in [-0.39, 0.29) is 11.4 Å². The van der Waals surface area contributed by atoms with E-state index in [9.17, 15) is 13.2 Å². The molecule has 0 fully saturated rings. The van der Waals surface area contributed by atoms with Crippen molar-refractivity contribution in [1.29, 1.82) is 0 Å². The van der Waals surface area contributed by atoms with Crippen LogP contribution in [0.2, 0.25) is 0 Å². The fourth-order valence-corrected chi connectivity index (χ4v) is 4.04. The van der Waals surface area contributed by atoms with E-state index in [1.54, 1.807) is 24.3 Å². The first-order chi connectivity index (χ1) is 11.0. The second kappa shape index (κ2) is 6.29.